The van der Waals surface area contributed by atoms with Gasteiger partial charge in [-0.25, -0.2) is 0 Å². The third kappa shape index (κ3) is 1.87. The second-order valence-corrected chi connectivity index (χ2v) is 4.13. The maximum absolute atomic E-state index is 4.35. The largest absolute Gasteiger partial charge is 0.361 e. The lowest BCUT2D eigenvalue weighted by molar-refractivity contribution is 1.19. The molecule has 0 saturated heterocycles. The Kier molecular flexibility index (Phi) is 2.56. The summed E-state index contributed by atoms with van der Waals surface area (Å²) in [6.45, 7) is 2.94. The SMILES string of the molecule is CCNc1nc(-c2cccs2)ns1. The minimum Gasteiger partial charge on any atom is -0.361 e. The second kappa shape index (κ2) is 3.85. The first-order chi connectivity index (χ1) is 6.40. The number of anilines is 1. The van der Waals surface area contributed by atoms with E-state index in [1.165, 1.54) is 11.5 Å². The highest BCUT2D eigenvalue weighted by atomic mass is 32.1. The summed E-state index contributed by atoms with van der Waals surface area (Å²) in [4.78, 5) is 5.47. The molecule has 0 aliphatic heterocycles. The van der Waals surface area contributed by atoms with Crippen LogP contribution in [0.15, 0.2) is 17.5 Å². The third-order valence-corrected chi connectivity index (χ3v) is 3.03. The van der Waals surface area contributed by atoms with Crippen LogP contribution in [0.3, 0.4) is 0 Å². The smallest absolute Gasteiger partial charge is 0.202 e. The highest BCUT2D eigenvalue weighted by molar-refractivity contribution is 7.14. The van der Waals surface area contributed by atoms with Crippen LogP contribution in [0.2, 0.25) is 0 Å². The van der Waals surface area contributed by atoms with E-state index in [2.05, 4.69) is 14.7 Å². The molecule has 13 heavy (non-hydrogen) atoms. The lowest BCUT2D eigenvalue weighted by Gasteiger charge is -1.91. The van der Waals surface area contributed by atoms with Crippen LogP contribution in [0.5, 0.6) is 0 Å². The summed E-state index contributed by atoms with van der Waals surface area (Å²) in [5, 5.41) is 6.06. The molecular formula is C8H9N3S2. The van der Waals surface area contributed by atoms with Gasteiger partial charge in [0.2, 0.25) is 5.13 Å². The molecule has 0 saturated carbocycles. The van der Waals surface area contributed by atoms with E-state index in [0.29, 0.717) is 0 Å². The average molecular weight is 211 g/mol. The molecule has 0 fully saturated rings. The topological polar surface area (TPSA) is 37.8 Å². The molecule has 2 heterocycles. The number of aromatic nitrogens is 2. The zero-order valence-electron chi connectivity index (χ0n) is 7.15. The van der Waals surface area contributed by atoms with Crippen molar-refractivity contribution >= 4 is 28.0 Å². The van der Waals surface area contributed by atoms with Crippen molar-refractivity contribution in [3.63, 3.8) is 0 Å². The van der Waals surface area contributed by atoms with Crippen LogP contribution in [-0.2, 0) is 0 Å². The van der Waals surface area contributed by atoms with E-state index in [1.54, 1.807) is 11.3 Å². The van der Waals surface area contributed by atoms with E-state index in [4.69, 9.17) is 0 Å². The zero-order chi connectivity index (χ0) is 9.10. The summed E-state index contributed by atoms with van der Waals surface area (Å²) in [5.74, 6) is 0.830. The number of hydrogen-bond acceptors (Lipinski definition) is 5. The first-order valence-electron chi connectivity index (χ1n) is 4.01. The van der Waals surface area contributed by atoms with Crippen LogP contribution in [0, 0.1) is 0 Å². The highest BCUT2D eigenvalue weighted by Crippen LogP contribution is 2.24. The van der Waals surface area contributed by atoms with E-state index >= 15 is 0 Å². The summed E-state index contributed by atoms with van der Waals surface area (Å²) in [7, 11) is 0. The Hall–Kier alpha value is -0.940. The monoisotopic (exact) mass is 211 g/mol. The molecule has 2 rings (SSSR count). The molecule has 0 atom stereocenters. The first-order valence-corrected chi connectivity index (χ1v) is 5.67. The maximum Gasteiger partial charge on any atom is 0.202 e. The molecule has 1 N–H and O–H groups in total. The van der Waals surface area contributed by atoms with Crippen LogP contribution < -0.4 is 5.32 Å². The van der Waals surface area contributed by atoms with E-state index < -0.39 is 0 Å². The predicted octanol–water partition coefficient (Wildman–Crippen LogP) is 2.70. The van der Waals surface area contributed by atoms with Crippen LogP contribution in [0.1, 0.15) is 6.92 Å². The Bertz CT molecular complexity index is 366. The average Bonchev–Trinajstić information content (AvgIpc) is 2.70. The van der Waals surface area contributed by atoms with Gasteiger partial charge in [0.1, 0.15) is 0 Å². The van der Waals surface area contributed by atoms with Gasteiger partial charge in [-0.2, -0.15) is 9.36 Å². The molecule has 0 aliphatic carbocycles. The fraction of sp³-hybridized carbons (Fsp3) is 0.250. The summed E-state index contributed by atoms with van der Waals surface area (Å²) >= 11 is 3.07. The lowest BCUT2D eigenvalue weighted by Crippen LogP contribution is -1.94. The molecule has 0 aliphatic rings. The Labute approximate surface area is 84.6 Å². The van der Waals surface area contributed by atoms with Gasteiger partial charge in [-0.15, -0.1) is 11.3 Å². The molecule has 3 nitrogen and oxygen atoms in total. The van der Waals surface area contributed by atoms with E-state index in [-0.39, 0.29) is 0 Å². The van der Waals surface area contributed by atoms with Gasteiger partial charge in [0, 0.05) is 18.1 Å². The second-order valence-electron chi connectivity index (χ2n) is 2.43. The summed E-state index contributed by atoms with van der Waals surface area (Å²) < 4.78 is 4.26. The van der Waals surface area contributed by atoms with Crippen LogP contribution in [0.4, 0.5) is 5.13 Å². The number of hydrogen-bond donors (Lipinski definition) is 1. The fourth-order valence-corrected chi connectivity index (χ4v) is 2.32. The van der Waals surface area contributed by atoms with Crippen molar-refractivity contribution < 1.29 is 0 Å². The zero-order valence-corrected chi connectivity index (χ0v) is 8.78. The molecule has 0 bridgehead atoms. The molecular weight excluding hydrogens is 202 g/mol. The molecule has 0 radical (unpaired) electrons. The molecule has 0 amide bonds. The highest BCUT2D eigenvalue weighted by Gasteiger charge is 2.05. The maximum atomic E-state index is 4.35. The van der Waals surface area contributed by atoms with Gasteiger partial charge in [0.05, 0.1) is 4.88 Å². The summed E-state index contributed by atoms with van der Waals surface area (Å²) in [5.41, 5.74) is 0. The Morgan fingerprint density at radius 2 is 2.46 bits per heavy atom. The normalized spacial score (nSPS) is 10.2. The van der Waals surface area contributed by atoms with Gasteiger partial charge < -0.3 is 5.32 Å². The molecule has 5 heteroatoms. The minimum atomic E-state index is 0.830. The number of nitrogens with one attached hydrogen (secondary N) is 1. The third-order valence-electron chi connectivity index (χ3n) is 1.50. The Morgan fingerprint density at radius 1 is 1.54 bits per heavy atom. The van der Waals surface area contributed by atoms with Gasteiger partial charge in [-0.05, 0) is 18.4 Å². The number of thiophene rings is 1. The van der Waals surface area contributed by atoms with Crippen molar-refractivity contribution in [2.45, 2.75) is 6.92 Å². The van der Waals surface area contributed by atoms with Crippen molar-refractivity contribution in [1.29, 1.82) is 0 Å². The van der Waals surface area contributed by atoms with Crippen LogP contribution in [-0.4, -0.2) is 15.9 Å². The van der Waals surface area contributed by atoms with Gasteiger partial charge in [0.25, 0.3) is 0 Å². The summed E-state index contributed by atoms with van der Waals surface area (Å²) in [6, 6.07) is 4.04. The fourth-order valence-electron chi connectivity index (χ4n) is 0.952. The minimum absolute atomic E-state index is 0.830. The van der Waals surface area contributed by atoms with Gasteiger partial charge in [-0.3, -0.25) is 0 Å². The van der Waals surface area contributed by atoms with Crippen molar-refractivity contribution in [2.24, 2.45) is 0 Å². The van der Waals surface area contributed by atoms with Gasteiger partial charge in [-0.1, -0.05) is 6.07 Å². The Balaban J connectivity index is 2.23. The number of rotatable bonds is 3. The van der Waals surface area contributed by atoms with Crippen LogP contribution >= 0.6 is 22.9 Å². The predicted molar refractivity (Wildman–Crippen MR) is 57.4 cm³/mol. The standard InChI is InChI=1S/C8H9N3S2/c1-2-9-8-10-7(11-13-8)6-4-3-5-12-6/h3-5H,2H2,1H3,(H,9,10,11). The van der Waals surface area contributed by atoms with E-state index in [0.717, 1.165) is 22.4 Å². The van der Waals surface area contributed by atoms with Crippen molar-refractivity contribution in [1.82, 2.24) is 9.36 Å². The molecule has 2 aromatic heterocycles. The lowest BCUT2D eigenvalue weighted by atomic mass is 10.4. The Morgan fingerprint density at radius 3 is 3.15 bits per heavy atom. The van der Waals surface area contributed by atoms with E-state index in [1.807, 2.05) is 24.4 Å². The molecule has 0 aromatic carbocycles. The number of nitrogens with zero attached hydrogens (tertiary/aromatic N) is 2. The van der Waals surface area contributed by atoms with Gasteiger partial charge >= 0.3 is 0 Å². The molecule has 68 valence electrons. The molecule has 0 spiro atoms. The first kappa shape index (κ1) is 8.65. The quantitative estimate of drug-likeness (QED) is 0.848. The van der Waals surface area contributed by atoms with E-state index in [9.17, 15) is 0 Å². The van der Waals surface area contributed by atoms with Crippen molar-refractivity contribution in [3.05, 3.63) is 17.5 Å². The van der Waals surface area contributed by atoms with Gasteiger partial charge in [0.15, 0.2) is 5.82 Å². The summed E-state index contributed by atoms with van der Waals surface area (Å²) in [6.07, 6.45) is 0. The molecule has 0 unspecified atom stereocenters. The van der Waals surface area contributed by atoms with Crippen molar-refractivity contribution in [3.8, 4) is 10.7 Å². The van der Waals surface area contributed by atoms with Crippen molar-refractivity contribution in [2.75, 3.05) is 11.9 Å². The molecule has 2 aromatic rings. The van der Waals surface area contributed by atoms with Crippen LogP contribution in [0.25, 0.3) is 10.7 Å².